The molecule has 0 atom stereocenters. The minimum Gasteiger partial charge on any atom is -0.508 e. The summed E-state index contributed by atoms with van der Waals surface area (Å²) in [5.41, 5.74) is 0.742. The highest BCUT2D eigenvalue weighted by molar-refractivity contribution is 6.89. The molecule has 0 fully saturated rings. The van der Waals surface area contributed by atoms with Gasteiger partial charge in [-0.3, -0.25) is 9.59 Å². The van der Waals surface area contributed by atoms with Crippen LogP contribution < -0.4 is 15.9 Å². The van der Waals surface area contributed by atoms with Gasteiger partial charge in [0.15, 0.2) is 0 Å². The van der Waals surface area contributed by atoms with Crippen molar-refractivity contribution in [2.75, 3.05) is 5.32 Å². The number of phenols is 1. The first-order valence-electron chi connectivity index (χ1n) is 10.9. The summed E-state index contributed by atoms with van der Waals surface area (Å²) in [5.74, 6) is -0.782. The number of nitrogens with one attached hydrogen (secondary N) is 2. The second-order valence-corrected chi connectivity index (χ2v) is 12.6. The van der Waals surface area contributed by atoms with Gasteiger partial charge in [0.1, 0.15) is 11.3 Å². The first-order valence-corrected chi connectivity index (χ1v) is 12.4. The third-order valence-corrected chi connectivity index (χ3v) is 6.65. The van der Waals surface area contributed by atoms with Crippen LogP contribution in [0.2, 0.25) is 19.6 Å². The molecule has 3 aromatic rings. The predicted molar refractivity (Wildman–Crippen MR) is 122 cm³/mol. The molecule has 0 unspecified atom stereocenters. The van der Waals surface area contributed by atoms with Crippen LogP contribution in [0.1, 0.15) is 40.8 Å². The Labute approximate surface area is 176 Å². The summed E-state index contributed by atoms with van der Waals surface area (Å²) in [7, 11) is -3.02. The van der Waals surface area contributed by atoms with E-state index < -0.39 is 31.3 Å². The lowest BCUT2D eigenvalue weighted by Crippen LogP contribution is -2.39. The SMILES string of the molecule is [2H]C([2H])([2H])[Si](C)(C)c1cc(C(C)(C)C)c(NC(=O)c2c[nH]c3ccccc3c2=O)cc1O. The Kier molecular flexibility index (Phi) is 4.22. The van der Waals surface area contributed by atoms with Gasteiger partial charge < -0.3 is 15.4 Å². The summed E-state index contributed by atoms with van der Waals surface area (Å²) in [6.45, 7) is 6.98. The number of rotatable bonds is 3. The van der Waals surface area contributed by atoms with E-state index in [9.17, 15) is 14.7 Å². The van der Waals surface area contributed by atoms with Gasteiger partial charge in [0.05, 0.1) is 8.07 Å². The number of hydrogen-bond donors (Lipinski definition) is 3. The maximum Gasteiger partial charge on any atom is 0.261 e. The topological polar surface area (TPSA) is 82.2 Å². The van der Waals surface area contributed by atoms with Crippen molar-refractivity contribution in [3.63, 3.8) is 0 Å². The highest BCUT2D eigenvalue weighted by atomic mass is 28.3. The number of aromatic hydroxyl groups is 1. The molecule has 1 heterocycles. The van der Waals surface area contributed by atoms with E-state index in [4.69, 9.17) is 4.11 Å². The molecule has 0 bridgehead atoms. The van der Waals surface area contributed by atoms with Crippen LogP contribution in [-0.4, -0.2) is 24.1 Å². The highest BCUT2D eigenvalue weighted by Gasteiger charge is 2.27. The Morgan fingerprint density at radius 3 is 2.55 bits per heavy atom. The van der Waals surface area contributed by atoms with Crippen LogP contribution in [0.4, 0.5) is 5.69 Å². The molecular weight excluding hydrogens is 380 g/mol. The van der Waals surface area contributed by atoms with Gasteiger partial charge in [-0.15, -0.1) is 0 Å². The first kappa shape index (κ1) is 17.0. The van der Waals surface area contributed by atoms with E-state index in [-0.39, 0.29) is 11.3 Å². The summed E-state index contributed by atoms with van der Waals surface area (Å²) in [5, 5.41) is 14.3. The second-order valence-electron chi connectivity index (χ2n) is 8.82. The fourth-order valence-electron chi connectivity index (χ4n) is 3.34. The number of carbonyl (C=O) groups is 1. The molecule has 3 rings (SSSR count). The van der Waals surface area contributed by atoms with Crippen molar-refractivity contribution in [3.05, 3.63) is 63.9 Å². The molecule has 29 heavy (non-hydrogen) atoms. The lowest BCUT2D eigenvalue weighted by molar-refractivity contribution is 0.102. The van der Waals surface area contributed by atoms with Crippen molar-refractivity contribution >= 4 is 35.8 Å². The number of amides is 1. The minimum absolute atomic E-state index is 0.0516. The van der Waals surface area contributed by atoms with Crippen molar-refractivity contribution in [1.82, 2.24) is 4.98 Å². The Morgan fingerprint density at radius 2 is 1.90 bits per heavy atom. The number of aromatic amines is 1. The van der Waals surface area contributed by atoms with Crippen molar-refractivity contribution in [3.8, 4) is 5.75 Å². The van der Waals surface area contributed by atoms with Gasteiger partial charge in [0.25, 0.3) is 5.91 Å². The van der Waals surface area contributed by atoms with Gasteiger partial charge in [-0.05, 0) is 28.3 Å². The van der Waals surface area contributed by atoms with Crippen molar-refractivity contribution < 1.29 is 14.0 Å². The number of hydrogen-bond acceptors (Lipinski definition) is 3. The minimum atomic E-state index is -3.02. The zero-order valence-electron chi connectivity index (χ0n) is 20.3. The van der Waals surface area contributed by atoms with Gasteiger partial charge >= 0.3 is 0 Å². The summed E-state index contributed by atoms with van der Waals surface area (Å²) >= 11 is 0. The van der Waals surface area contributed by atoms with Gasteiger partial charge in [-0.1, -0.05) is 58.5 Å². The van der Waals surface area contributed by atoms with Crippen LogP contribution in [-0.2, 0) is 5.41 Å². The molecular formula is C23H28N2O3Si. The fourth-order valence-corrected chi connectivity index (χ4v) is 4.56. The number of benzene rings is 2. The number of para-hydroxylation sites is 1. The Bertz CT molecular complexity index is 1260. The largest absolute Gasteiger partial charge is 0.508 e. The molecule has 0 saturated heterocycles. The average Bonchev–Trinajstić information content (AvgIpc) is 2.66. The van der Waals surface area contributed by atoms with Gasteiger partial charge in [-0.2, -0.15) is 0 Å². The Balaban J connectivity index is 2.11. The lowest BCUT2D eigenvalue weighted by Gasteiger charge is -2.27. The van der Waals surface area contributed by atoms with Crippen LogP contribution >= 0.6 is 0 Å². The molecule has 0 spiro atoms. The molecule has 0 aliphatic heterocycles. The van der Waals surface area contributed by atoms with E-state index in [0.717, 1.165) is 0 Å². The van der Waals surface area contributed by atoms with Crippen LogP contribution in [0.5, 0.6) is 5.75 Å². The van der Waals surface area contributed by atoms with Crippen LogP contribution in [0.15, 0.2) is 47.4 Å². The molecule has 3 N–H and O–H groups in total. The van der Waals surface area contributed by atoms with E-state index >= 15 is 0 Å². The molecule has 0 aliphatic carbocycles. The standard InChI is InChI=1S/C23H28N2O3Si/c1-23(2,3)16-11-20(29(4,5)6)19(26)12-18(16)25-22(28)15-13-24-17-10-8-7-9-14(17)21(15)27/h7-13,26H,1-6H3,(H,24,27)(H,25,28)/i4D3. The number of anilines is 1. The number of fused-ring (bicyclic) bond motifs is 1. The smallest absolute Gasteiger partial charge is 0.261 e. The maximum atomic E-state index is 13.0. The predicted octanol–water partition coefficient (Wildman–Crippen LogP) is 4.33. The molecule has 6 heteroatoms. The molecule has 1 amide bonds. The Hall–Kier alpha value is -2.86. The number of pyridine rings is 1. The zero-order chi connectivity index (χ0) is 24.1. The number of aromatic nitrogens is 1. The van der Waals surface area contributed by atoms with Gasteiger partial charge in [0.2, 0.25) is 5.43 Å². The van der Waals surface area contributed by atoms with E-state index in [1.54, 1.807) is 43.4 Å². The van der Waals surface area contributed by atoms with E-state index in [1.807, 2.05) is 20.8 Å². The van der Waals surface area contributed by atoms with Crippen molar-refractivity contribution in [2.24, 2.45) is 0 Å². The highest BCUT2D eigenvalue weighted by Crippen LogP contribution is 2.33. The number of carbonyl (C=O) groups excluding carboxylic acids is 1. The fraction of sp³-hybridized carbons (Fsp3) is 0.304. The number of H-pyrrole nitrogens is 1. The average molecular weight is 412 g/mol. The third kappa shape index (κ3) is 4.12. The summed E-state index contributed by atoms with van der Waals surface area (Å²) in [4.78, 5) is 28.8. The molecule has 2 aromatic carbocycles. The van der Waals surface area contributed by atoms with Gasteiger partial charge in [0, 0.05) is 33.0 Å². The van der Waals surface area contributed by atoms with Crippen LogP contribution in [0.3, 0.4) is 0 Å². The molecule has 5 nitrogen and oxygen atoms in total. The monoisotopic (exact) mass is 411 g/mol. The molecule has 0 aliphatic rings. The third-order valence-electron chi connectivity index (χ3n) is 4.90. The van der Waals surface area contributed by atoms with E-state index in [0.29, 0.717) is 27.3 Å². The van der Waals surface area contributed by atoms with E-state index in [1.165, 1.54) is 12.3 Å². The zero-order valence-corrected chi connectivity index (χ0v) is 18.3. The molecule has 1 aromatic heterocycles. The second kappa shape index (κ2) is 7.19. The van der Waals surface area contributed by atoms with Crippen LogP contribution in [0, 0.1) is 0 Å². The molecule has 0 radical (unpaired) electrons. The quantitative estimate of drug-likeness (QED) is 0.561. The van der Waals surface area contributed by atoms with Crippen molar-refractivity contribution in [1.29, 1.82) is 0 Å². The first-order chi connectivity index (χ1) is 14.6. The van der Waals surface area contributed by atoms with E-state index in [2.05, 4.69) is 10.3 Å². The summed E-state index contributed by atoms with van der Waals surface area (Å²) in [6, 6.07) is 10.0. The maximum absolute atomic E-state index is 13.0. The van der Waals surface area contributed by atoms with Crippen LogP contribution in [0.25, 0.3) is 10.9 Å². The lowest BCUT2D eigenvalue weighted by atomic mass is 9.85. The van der Waals surface area contributed by atoms with Gasteiger partial charge in [-0.25, -0.2) is 0 Å². The molecule has 152 valence electrons. The van der Waals surface area contributed by atoms with Crippen molar-refractivity contribution in [2.45, 2.75) is 45.8 Å². The normalized spacial score (nSPS) is 14.2. The molecule has 0 saturated carbocycles. The summed E-state index contributed by atoms with van der Waals surface area (Å²) in [6.07, 6.45) is 1.37. The number of phenolic OH excluding ortho intramolecular Hbond substituents is 1. The Morgan fingerprint density at radius 1 is 1.21 bits per heavy atom. The summed E-state index contributed by atoms with van der Waals surface area (Å²) < 4.78 is 23.8.